The summed E-state index contributed by atoms with van der Waals surface area (Å²) in [5.41, 5.74) is 2.78. The molecular formula is C13H19N2O6P. The van der Waals surface area contributed by atoms with E-state index < -0.39 is 7.82 Å². The first-order valence-electron chi connectivity index (χ1n) is 6.75. The maximum Gasteiger partial charge on any atom is 0.469 e. The zero-order valence-corrected chi connectivity index (χ0v) is 13.0. The van der Waals surface area contributed by atoms with E-state index in [-0.39, 0.29) is 18.5 Å². The lowest BCUT2D eigenvalue weighted by molar-refractivity contribution is 0.0879. The Kier molecular flexibility index (Phi) is 7.20. The molecule has 0 atom stereocenters. The quantitative estimate of drug-likeness (QED) is 0.416. The number of amides is 3. The van der Waals surface area contributed by atoms with Gasteiger partial charge in [0.1, 0.15) is 0 Å². The van der Waals surface area contributed by atoms with E-state index in [9.17, 15) is 14.2 Å². The van der Waals surface area contributed by atoms with Crippen molar-refractivity contribution >= 4 is 19.8 Å². The molecule has 9 heteroatoms. The van der Waals surface area contributed by atoms with Crippen LogP contribution in [0.25, 0.3) is 0 Å². The number of benzene rings is 1. The van der Waals surface area contributed by atoms with Gasteiger partial charge in [-0.05, 0) is 18.6 Å². The van der Waals surface area contributed by atoms with Crippen molar-refractivity contribution in [1.29, 1.82) is 0 Å². The van der Waals surface area contributed by atoms with Crippen molar-refractivity contribution < 1.29 is 28.5 Å². The highest BCUT2D eigenvalue weighted by Gasteiger charge is 2.36. The van der Waals surface area contributed by atoms with Crippen LogP contribution in [0.5, 0.6) is 0 Å². The number of imide groups is 1. The number of carbonyl (C=O) groups is 2. The Balaban J connectivity index is 0.000000225. The van der Waals surface area contributed by atoms with E-state index in [4.69, 9.17) is 9.79 Å². The second-order valence-corrected chi connectivity index (χ2v) is 5.69. The number of hydrogen-bond acceptors (Lipinski definition) is 4. The fraction of sp³-hybridized carbons (Fsp3) is 0.385. The number of nitrogens with zero attached hydrogens (tertiary/aromatic N) is 1. The summed E-state index contributed by atoms with van der Waals surface area (Å²) < 4.78 is 14.3. The summed E-state index contributed by atoms with van der Waals surface area (Å²) in [6.07, 6.45) is 2.67. The molecule has 1 aromatic rings. The van der Waals surface area contributed by atoms with Gasteiger partial charge in [-0.2, -0.15) is 5.01 Å². The lowest BCUT2D eigenvalue weighted by Gasteiger charge is -2.02. The molecule has 0 bridgehead atoms. The van der Waals surface area contributed by atoms with Crippen LogP contribution in [-0.2, 0) is 9.09 Å². The van der Waals surface area contributed by atoms with Crippen molar-refractivity contribution in [3.63, 3.8) is 0 Å². The zero-order valence-electron chi connectivity index (χ0n) is 12.1. The van der Waals surface area contributed by atoms with Crippen molar-refractivity contribution in [2.24, 2.45) is 0 Å². The van der Waals surface area contributed by atoms with Crippen LogP contribution in [-0.4, -0.2) is 33.3 Å². The number of urea groups is 1. The van der Waals surface area contributed by atoms with Crippen LogP contribution in [0, 0.1) is 0 Å². The van der Waals surface area contributed by atoms with Gasteiger partial charge in [0.2, 0.25) is 0 Å². The SMILES string of the molecule is CCCCCOP(=O)(O)O.O=C1NN1C(=O)c1ccccc1. The lowest BCUT2D eigenvalue weighted by Crippen LogP contribution is -2.13. The van der Waals surface area contributed by atoms with Crippen molar-refractivity contribution in [2.45, 2.75) is 26.2 Å². The highest BCUT2D eigenvalue weighted by atomic mass is 31.2. The number of rotatable bonds is 6. The third-order valence-electron chi connectivity index (χ3n) is 2.59. The molecule has 0 saturated carbocycles. The number of phosphoric ester groups is 1. The Morgan fingerprint density at radius 2 is 1.86 bits per heavy atom. The minimum Gasteiger partial charge on any atom is -0.303 e. The number of hydrazine groups is 1. The van der Waals surface area contributed by atoms with Crippen LogP contribution < -0.4 is 5.43 Å². The molecule has 0 aromatic heterocycles. The molecule has 0 unspecified atom stereocenters. The van der Waals surface area contributed by atoms with Gasteiger partial charge in [-0.15, -0.1) is 0 Å². The summed E-state index contributed by atoms with van der Waals surface area (Å²) in [5.74, 6) is -0.305. The molecule has 0 aliphatic carbocycles. The zero-order chi connectivity index (χ0) is 16.6. The standard InChI is InChI=1S/C8H6N2O2.C5H13O4P/c11-7(10-8(12)9-10)6-4-2-1-3-5-6;1-2-3-4-5-9-10(6,7)8/h1-5H,(H,9,12);2-5H2,1H3,(H2,6,7,8). The monoisotopic (exact) mass is 330 g/mol. The molecule has 3 N–H and O–H groups in total. The van der Waals surface area contributed by atoms with Crippen LogP contribution in [0.1, 0.15) is 36.5 Å². The van der Waals surface area contributed by atoms with E-state index in [1.54, 1.807) is 24.3 Å². The average molecular weight is 330 g/mol. The van der Waals surface area contributed by atoms with Crippen LogP contribution in [0.2, 0.25) is 0 Å². The van der Waals surface area contributed by atoms with Gasteiger partial charge < -0.3 is 9.79 Å². The maximum absolute atomic E-state index is 11.3. The minimum atomic E-state index is -4.21. The van der Waals surface area contributed by atoms with E-state index in [0.29, 0.717) is 12.0 Å². The predicted octanol–water partition coefficient (Wildman–Crippen LogP) is 2.05. The largest absolute Gasteiger partial charge is 0.469 e. The van der Waals surface area contributed by atoms with Gasteiger partial charge in [0, 0.05) is 5.56 Å². The molecule has 8 nitrogen and oxygen atoms in total. The van der Waals surface area contributed by atoms with Crippen molar-refractivity contribution in [1.82, 2.24) is 10.4 Å². The molecule has 1 aliphatic heterocycles. The van der Waals surface area contributed by atoms with Gasteiger partial charge in [0.15, 0.2) is 0 Å². The Labute approximate surface area is 128 Å². The first kappa shape index (κ1) is 18.3. The molecule has 122 valence electrons. The van der Waals surface area contributed by atoms with Gasteiger partial charge >= 0.3 is 13.9 Å². The number of hydrogen-bond donors (Lipinski definition) is 3. The normalized spacial score (nSPS) is 13.0. The van der Waals surface area contributed by atoms with E-state index in [1.165, 1.54) is 0 Å². The smallest absolute Gasteiger partial charge is 0.303 e. The molecule has 0 spiro atoms. The summed E-state index contributed by atoms with van der Waals surface area (Å²) in [6, 6.07) is 8.30. The fourth-order valence-electron chi connectivity index (χ4n) is 1.46. The fourth-order valence-corrected chi connectivity index (χ4v) is 1.83. The molecule has 1 fully saturated rings. The maximum atomic E-state index is 11.3. The molecule has 1 heterocycles. The third-order valence-corrected chi connectivity index (χ3v) is 3.11. The number of nitrogens with one attached hydrogen (secondary N) is 1. The van der Waals surface area contributed by atoms with Gasteiger partial charge in [-0.1, -0.05) is 38.0 Å². The number of phosphoric acid groups is 1. The Morgan fingerprint density at radius 1 is 1.27 bits per heavy atom. The summed E-state index contributed by atoms with van der Waals surface area (Å²) in [5, 5.41) is 0.968. The average Bonchev–Trinajstić information content (AvgIpc) is 3.20. The van der Waals surface area contributed by atoms with E-state index >= 15 is 0 Å². The van der Waals surface area contributed by atoms with Gasteiger partial charge in [-0.3, -0.25) is 9.32 Å². The minimum absolute atomic E-state index is 0.151. The van der Waals surface area contributed by atoms with Crippen LogP contribution >= 0.6 is 7.82 Å². The van der Waals surface area contributed by atoms with Gasteiger partial charge in [0.05, 0.1) is 6.61 Å². The number of unbranched alkanes of at least 4 members (excludes halogenated alkanes) is 2. The number of carbonyl (C=O) groups excluding carboxylic acids is 2. The Hall–Kier alpha value is -1.73. The van der Waals surface area contributed by atoms with Crippen molar-refractivity contribution in [2.75, 3.05) is 6.61 Å². The second-order valence-electron chi connectivity index (χ2n) is 4.45. The van der Waals surface area contributed by atoms with Crippen molar-refractivity contribution in [3.05, 3.63) is 35.9 Å². The van der Waals surface area contributed by atoms with Crippen LogP contribution in [0.3, 0.4) is 0 Å². The highest BCUT2D eigenvalue weighted by molar-refractivity contribution is 7.46. The summed E-state index contributed by atoms with van der Waals surface area (Å²) in [7, 11) is -4.21. The first-order valence-corrected chi connectivity index (χ1v) is 8.28. The molecule has 3 amide bonds. The van der Waals surface area contributed by atoms with Gasteiger partial charge in [-0.25, -0.2) is 14.8 Å². The molecule has 2 rings (SSSR count). The molecule has 1 aromatic carbocycles. The molecular weight excluding hydrogens is 311 g/mol. The van der Waals surface area contributed by atoms with Crippen molar-refractivity contribution in [3.8, 4) is 0 Å². The molecule has 1 saturated heterocycles. The highest BCUT2D eigenvalue weighted by Crippen LogP contribution is 2.35. The third kappa shape index (κ3) is 7.33. The van der Waals surface area contributed by atoms with Crippen LogP contribution in [0.4, 0.5) is 4.79 Å². The lowest BCUT2D eigenvalue weighted by atomic mass is 10.2. The van der Waals surface area contributed by atoms with Gasteiger partial charge in [0.25, 0.3) is 5.91 Å². The predicted molar refractivity (Wildman–Crippen MR) is 78.7 cm³/mol. The topological polar surface area (TPSA) is 126 Å². The summed E-state index contributed by atoms with van der Waals surface area (Å²) in [6.45, 7) is 2.16. The summed E-state index contributed by atoms with van der Waals surface area (Å²) >= 11 is 0. The van der Waals surface area contributed by atoms with Crippen LogP contribution in [0.15, 0.2) is 30.3 Å². The second kappa shape index (κ2) is 8.65. The molecule has 22 heavy (non-hydrogen) atoms. The first-order chi connectivity index (χ1) is 10.3. The van der Waals surface area contributed by atoms with E-state index in [0.717, 1.165) is 17.9 Å². The molecule has 1 aliphatic rings. The van der Waals surface area contributed by atoms with E-state index in [1.807, 2.05) is 13.0 Å². The Morgan fingerprint density at radius 3 is 2.32 bits per heavy atom. The summed E-state index contributed by atoms with van der Waals surface area (Å²) in [4.78, 5) is 38.2. The molecule has 0 radical (unpaired) electrons. The Bertz CT molecular complexity index is 545. The van der Waals surface area contributed by atoms with E-state index in [2.05, 4.69) is 9.95 Å².